The summed E-state index contributed by atoms with van der Waals surface area (Å²) in [6, 6.07) is 18.1. The lowest BCUT2D eigenvalue weighted by molar-refractivity contribution is -0.149. The van der Waals surface area contributed by atoms with Crippen LogP contribution in [0.5, 0.6) is 0 Å². The van der Waals surface area contributed by atoms with E-state index < -0.39 is 12.3 Å². The summed E-state index contributed by atoms with van der Waals surface area (Å²) in [7, 11) is 0. The van der Waals surface area contributed by atoms with Gasteiger partial charge in [-0.15, -0.1) is 0 Å². The SMILES string of the molecule is O=C1C=C(c2ccc(/C=C/CCc3ccccc3)cc2)C(O)O1. The lowest BCUT2D eigenvalue weighted by Gasteiger charge is -2.07. The molecule has 0 radical (unpaired) electrons. The minimum atomic E-state index is -1.16. The summed E-state index contributed by atoms with van der Waals surface area (Å²) in [5.74, 6) is -0.502. The molecule has 0 saturated carbocycles. The first-order valence-electron chi connectivity index (χ1n) is 7.63. The van der Waals surface area contributed by atoms with E-state index in [1.807, 2.05) is 30.3 Å². The summed E-state index contributed by atoms with van der Waals surface area (Å²) in [4.78, 5) is 11.1. The Balaban J connectivity index is 1.58. The van der Waals surface area contributed by atoms with Gasteiger partial charge in [-0.2, -0.15) is 0 Å². The fourth-order valence-electron chi connectivity index (χ4n) is 2.53. The van der Waals surface area contributed by atoms with Gasteiger partial charge in [-0.05, 0) is 29.5 Å². The van der Waals surface area contributed by atoms with E-state index in [1.165, 1.54) is 11.6 Å². The average molecular weight is 306 g/mol. The Kier molecular flexibility index (Phi) is 4.69. The number of benzene rings is 2. The maximum Gasteiger partial charge on any atom is 0.333 e. The first-order chi connectivity index (χ1) is 11.2. The molecule has 0 saturated heterocycles. The number of rotatable bonds is 5. The monoisotopic (exact) mass is 306 g/mol. The smallest absolute Gasteiger partial charge is 0.333 e. The molecule has 1 heterocycles. The zero-order valence-electron chi connectivity index (χ0n) is 12.7. The third-order valence-electron chi connectivity index (χ3n) is 3.76. The first kappa shape index (κ1) is 15.3. The molecule has 0 aromatic heterocycles. The van der Waals surface area contributed by atoms with Crippen molar-refractivity contribution in [1.29, 1.82) is 0 Å². The Morgan fingerprint density at radius 1 is 1.04 bits per heavy atom. The molecular formula is C20H18O3. The number of carbonyl (C=O) groups excluding carboxylic acids is 1. The van der Waals surface area contributed by atoms with E-state index in [1.54, 1.807) is 0 Å². The molecule has 3 heteroatoms. The topological polar surface area (TPSA) is 46.5 Å². The molecule has 1 aliphatic rings. The average Bonchev–Trinajstić information content (AvgIpc) is 2.92. The van der Waals surface area contributed by atoms with Crippen molar-refractivity contribution in [3.05, 3.63) is 83.4 Å². The highest BCUT2D eigenvalue weighted by molar-refractivity contribution is 5.96. The van der Waals surface area contributed by atoms with Crippen molar-refractivity contribution >= 4 is 17.6 Å². The van der Waals surface area contributed by atoms with Gasteiger partial charge in [0.15, 0.2) is 0 Å². The van der Waals surface area contributed by atoms with Gasteiger partial charge in [-0.1, -0.05) is 66.7 Å². The largest absolute Gasteiger partial charge is 0.428 e. The van der Waals surface area contributed by atoms with E-state index in [4.69, 9.17) is 0 Å². The van der Waals surface area contributed by atoms with E-state index in [9.17, 15) is 9.90 Å². The number of aliphatic hydroxyl groups is 1. The van der Waals surface area contributed by atoms with E-state index in [0.29, 0.717) is 5.57 Å². The van der Waals surface area contributed by atoms with Crippen molar-refractivity contribution in [2.45, 2.75) is 19.1 Å². The predicted molar refractivity (Wildman–Crippen MR) is 90.3 cm³/mol. The quantitative estimate of drug-likeness (QED) is 0.859. The molecule has 116 valence electrons. The van der Waals surface area contributed by atoms with Gasteiger partial charge in [0, 0.05) is 11.6 Å². The van der Waals surface area contributed by atoms with Crippen LogP contribution in [0.4, 0.5) is 0 Å². The summed E-state index contributed by atoms with van der Waals surface area (Å²) in [5.41, 5.74) is 3.72. The van der Waals surface area contributed by atoms with E-state index in [-0.39, 0.29) is 0 Å². The number of aliphatic hydroxyl groups excluding tert-OH is 1. The van der Waals surface area contributed by atoms with Crippen molar-refractivity contribution in [1.82, 2.24) is 0 Å². The third-order valence-corrected chi connectivity index (χ3v) is 3.76. The number of aryl methyl sites for hydroxylation is 1. The Morgan fingerprint density at radius 2 is 1.78 bits per heavy atom. The van der Waals surface area contributed by atoms with Crippen molar-refractivity contribution in [3.63, 3.8) is 0 Å². The van der Waals surface area contributed by atoms with Crippen molar-refractivity contribution < 1.29 is 14.6 Å². The first-order valence-corrected chi connectivity index (χ1v) is 7.63. The van der Waals surface area contributed by atoms with Gasteiger partial charge in [0.2, 0.25) is 6.29 Å². The normalized spacial score (nSPS) is 17.3. The van der Waals surface area contributed by atoms with Gasteiger partial charge < -0.3 is 9.84 Å². The van der Waals surface area contributed by atoms with Crippen LogP contribution < -0.4 is 0 Å². The molecule has 23 heavy (non-hydrogen) atoms. The molecule has 1 unspecified atom stereocenters. The molecule has 0 amide bonds. The van der Waals surface area contributed by atoms with Crippen molar-refractivity contribution in [2.24, 2.45) is 0 Å². The number of hydrogen-bond donors (Lipinski definition) is 1. The molecule has 3 nitrogen and oxygen atoms in total. The van der Waals surface area contributed by atoms with Crippen LogP contribution in [0.15, 0.2) is 66.7 Å². The highest BCUT2D eigenvalue weighted by Crippen LogP contribution is 2.25. The third kappa shape index (κ3) is 3.96. The van der Waals surface area contributed by atoms with Gasteiger partial charge in [-0.3, -0.25) is 0 Å². The fourth-order valence-corrected chi connectivity index (χ4v) is 2.53. The minimum absolute atomic E-state index is 0.502. The molecule has 1 N–H and O–H groups in total. The molecule has 3 rings (SSSR count). The van der Waals surface area contributed by atoms with Gasteiger partial charge >= 0.3 is 5.97 Å². The standard InChI is InChI=1S/C20H18O3/c21-19-14-18(20(22)23-19)17-12-10-16(11-13-17)9-5-4-8-15-6-2-1-3-7-15/h1-3,5-7,9-14,20,22H,4,8H2/b9-5+. The number of esters is 1. The number of hydrogen-bond acceptors (Lipinski definition) is 3. The summed E-state index contributed by atoms with van der Waals surface area (Å²) in [6.45, 7) is 0. The van der Waals surface area contributed by atoms with Crippen LogP contribution in [-0.4, -0.2) is 17.4 Å². The van der Waals surface area contributed by atoms with Crippen molar-refractivity contribution in [2.75, 3.05) is 0 Å². The van der Waals surface area contributed by atoms with Gasteiger partial charge in [0.05, 0.1) is 0 Å². The fraction of sp³-hybridized carbons (Fsp3) is 0.150. The van der Waals surface area contributed by atoms with Crippen LogP contribution in [-0.2, 0) is 16.0 Å². The second-order valence-electron chi connectivity index (χ2n) is 5.44. The van der Waals surface area contributed by atoms with Crippen LogP contribution in [0.1, 0.15) is 23.1 Å². The Hall–Kier alpha value is -2.65. The zero-order chi connectivity index (χ0) is 16.1. The van der Waals surface area contributed by atoms with Crippen LogP contribution in [0.25, 0.3) is 11.6 Å². The van der Waals surface area contributed by atoms with Crippen molar-refractivity contribution in [3.8, 4) is 0 Å². The van der Waals surface area contributed by atoms with E-state index in [0.717, 1.165) is 24.0 Å². The highest BCUT2D eigenvalue weighted by Gasteiger charge is 2.24. The second-order valence-corrected chi connectivity index (χ2v) is 5.44. The predicted octanol–water partition coefficient (Wildman–Crippen LogP) is 3.59. The highest BCUT2D eigenvalue weighted by atomic mass is 16.6. The maximum absolute atomic E-state index is 11.1. The van der Waals surface area contributed by atoms with Crippen LogP contribution >= 0.6 is 0 Å². The lowest BCUT2D eigenvalue weighted by Crippen LogP contribution is -2.09. The Morgan fingerprint density at radius 3 is 2.43 bits per heavy atom. The Labute approximate surface area is 135 Å². The van der Waals surface area contributed by atoms with Crippen LogP contribution in [0.2, 0.25) is 0 Å². The molecule has 1 aliphatic heterocycles. The number of allylic oxidation sites excluding steroid dienone is 1. The summed E-state index contributed by atoms with van der Waals surface area (Å²) in [5, 5.41) is 9.64. The zero-order valence-corrected chi connectivity index (χ0v) is 12.7. The minimum Gasteiger partial charge on any atom is -0.428 e. The molecular weight excluding hydrogens is 288 g/mol. The second kappa shape index (κ2) is 7.07. The Bertz CT molecular complexity index is 727. The lowest BCUT2D eigenvalue weighted by atomic mass is 10.0. The molecule has 1 atom stereocenters. The molecule has 0 fully saturated rings. The molecule has 0 bridgehead atoms. The van der Waals surface area contributed by atoms with Gasteiger partial charge in [-0.25, -0.2) is 4.79 Å². The molecule has 2 aromatic rings. The van der Waals surface area contributed by atoms with Crippen LogP contribution in [0.3, 0.4) is 0 Å². The van der Waals surface area contributed by atoms with Gasteiger partial charge in [0.1, 0.15) is 0 Å². The molecule has 0 spiro atoms. The number of cyclic esters (lactones) is 1. The summed E-state index contributed by atoms with van der Waals surface area (Å²) in [6.07, 6.45) is 6.41. The van der Waals surface area contributed by atoms with Gasteiger partial charge in [0.25, 0.3) is 0 Å². The molecule has 0 aliphatic carbocycles. The number of carbonyl (C=O) groups is 1. The summed E-state index contributed by atoms with van der Waals surface area (Å²) >= 11 is 0. The number of ether oxygens (including phenoxy) is 1. The van der Waals surface area contributed by atoms with Crippen LogP contribution in [0, 0.1) is 0 Å². The maximum atomic E-state index is 11.1. The van der Waals surface area contributed by atoms with E-state index >= 15 is 0 Å². The van der Waals surface area contributed by atoms with E-state index in [2.05, 4.69) is 41.2 Å². The molecule has 2 aromatic carbocycles. The summed E-state index contributed by atoms with van der Waals surface area (Å²) < 4.78 is 4.69.